The number of nitrogens with zero attached hydrogens (tertiary/aromatic N) is 3. The Morgan fingerprint density at radius 3 is 2.78 bits per heavy atom. The third-order valence-corrected chi connectivity index (χ3v) is 4.77. The molecule has 2 atom stereocenters. The number of pyridine rings is 1. The fourth-order valence-electron chi connectivity index (χ4n) is 3.27. The predicted octanol–water partition coefficient (Wildman–Crippen LogP) is 4.59. The molecule has 0 radical (unpaired) electrons. The summed E-state index contributed by atoms with van der Waals surface area (Å²) in [6.45, 7) is 4.82. The predicted molar refractivity (Wildman–Crippen MR) is 103 cm³/mol. The average molecular weight is 364 g/mol. The number of nitrogens with one attached hydrogen (secondary N) is 1. The first-order valence-electron chi connectivity index (χ1n) is 9.42. The van der Waals surface area contributed by atoms with Gasteiger partial charge in [0.25, 0.3) is 5.89 Å². The molecule has 4 rings (SSSR count). The van der Waals surface area contributed by atoms with E-state index in [1.165, 1.54) is 5.56 Å². The fourth-order valence-corrected chi connectivity index (χ4v) is 3.27. The molecule has 1 aliphatic heterocycles. The molecule has 3 aromatic rings. The molecule has 1 saturated heterocycles. The van der Waals surface area contributed by atoms with Gasteiger partial charge in [0.15, 0.2) is 5.82 Å². The van der Waals surface area contributed by atoms with Crippen LogP contribution in [0.1, 0.15) is 50.1 Å². The van der Waals surface area contributed by atoms with Crippen LogP contribution < -0.4 is 5.32 Å². The summed E-state index contributed by atoms with van der Waals surface area (Å²) in [4.78, 5) is 8.92. The van der Waals surface area contributed by atoms with E-state index >= 15 is 0 Å². The van der Waals surface area contributed by atoms with E-state index in [2.05, 4.69) is 44.7 Å². The summed E-state index contributed by atoms with van der Waals surface area (Å²) in [5.74, 6) is 2.29. The summed E-state index contributed by atoms with van der Waals surface area (Å²) in [5, 5.41) is 7.58. The smallest absolute Gasteiger partial charge is 0.258 e. The maximum atomic E-state index is 5.96. The average Bonchev–Trinajstić information content (AvgIpc) is 3.20. The summed E-state index contributed by atoms with van der Waals surface area (Å²) >= 11 is 0. The van der Waals surface area contributed by atoms with E-state index < -0.39 is 0 Å². The van der Waals surface area contributed by atoms with Gasteiger partial charge in [-0.25, -0.2) is 4.98 Å². The number of hydrogen-bond acceptors (Lipinski definition) is 6. The minimum absolute atomic E-state index is 0.116. The highest BCUT2D eigenvalue weighted by Gasteiger charge is 2.24. The van der Waals surface area contributed by atoms with Gasteiger partial charge in [0.1, 0.15) is 5.82 Å². The summed E-state index contributed by atoms with van der Waals surface area (Å²) in [7, 11) is 0. The largest absolute Gasteiger partial charge is 0.373 e. The van der Waals surface area contributed by atoms with Gasteiger partial charge >= 0.3 is 0 Å². The van der Waals surface area contributed by atoms with Crippen LogP contribution in [0.2, 0.25) is 0 Å². The van der Waals surface area contributed by atoms with Crippen molar-refractivity contribution in [2.24, 2.45) is 0 Å². The molecule has 0 aliphatic carbocycles. The van der Waals surface area contributed by atoms with Gasteiger partial charge in [0.2, 0.25) is 0 Å². The minimum atomic E-state index is 0.116. The lowest BCUT2D eigenvalue weighted by molar-refractivity contribution is 0.00975. The second kappa shape index (κ2) is 7.88. The minimum Gasteiger partial charge on any atom is -0.373 e. The molecular weight excluding hydrogens is 340 g/mol. The van der Waals surface area contributed by atoms with Crippen LogP contribution in [0.25, 0.3) is 11.5 Å². The number of rotatable bonds is 5. The third-order valence-electron chi connectivity index (χ3n) is 4.77. The monoisotopic (exact) mass is 364 g/mol. The van der Waals surface area contributed by atoms with Crippen molar-refractivity contribution < 1.29 is 9.26 Å². The van der Waals surface area contributed by atoms with Gasteiger partial charge in [-0.1, -0.05) is 49.3 Å². The number of benzene rings is 1. The van der Waals surface area contributed by atoms with Crippen molar-refractivity contribution in [3.05, 3.63) is 60.0 Å². The van der Waals surface area contributed by atoms with E-state index in [1.807, 2.05) is 32.0 Å². The Morgan fingerprint density at radius 2 is 2.00 bits per heavy atom. The Morgan fingerprint density at radius 1 is 1.15 bits per heavy atom. The molecule has 0 amide bonds. The van der Waals surface area contributed by atoms with Crippen LogP contribution in [0.4, 0.5) is 5.82 Å². The maximum absolute atomic E-state index is 5.96. The molecule has 1 aromatic carbocycles. The van der Waals surface area contributed by atoms with E-state index in [0.717, 1.165) is 30.8 Å². The van der Waals surface area contributed by atoms with Crippen molar-refractivity contribution >= 4 is 5.82 Å². The van der Waals surface area contributed by atoms with Crippen molar-refractivity contribution in [2.75, 3.05) is 11.9 Å². The van der Waals surface area contributed by atoms with E-state index in [9.17, 15) is 0 Å². The van der Waals surface area contributed by atoms with E-state index in [0.29, 0.717) is 17.8 Å². The van der Waals surface area contributed by atoms with Crippen molar-refractivity contribution in [1.82, 2.24) is 15.1 Å². The highest BCUT2D eigenvalue weighted by molar-refractivity contribution is 5.58. The van der Waals surface area contributed by atoms with Crippen molar-refractivity contribution in [1.29, 1.82) is 0 Å². The first kappa shape index (κ1) is 17.7. The zero-order chi connectivity index (χ0) is 18.6. The molecular formula is C21H24N4O2. The Balaban J connectivity index is 1.46. The molecule has 2 unspecified atom stereocenters. The van der Waals surface area contributed by atoms with Crippen LogP contribution in [0.5, 0.6) is 0 Å². The lowest BCUT2D eigenvalue weighted by atomic mass is 9.97. The quantitative estimate of drug-likeness (QED) is 0.714. The molecule has 0 spiro atoms. The highest BCUT2D eigenvalue weighted by Crippen LogP contribution is 2.30. The zero-order valence-corrected chi connectivity index (χ0v) is 15.6. The van der Waals surface area contributed by atoms with Crippen molar-refractivity contribution in [2.45, 2.75) is 44.8 Å². The molecule has 140 valence electrons. The molecule has 2 aromatic heterocycles. The van der Waals surface area contributed by atoms with Gasteiger partial charge in [-0.05, 0) is 30.5 Å². The summed E-state index contributed by atoms with van der Waals surface area (Å²) in [5.41, 5.74) is 2.09. The Bertz CT molecular complexity index is 879. The number of aromatic nitrogens is 3. The molecule has 27 heavy (non-hydrogen) atoms. The highest BCUT2D eigenvalue weighted by atomic mass is 16.5. The Hall–Kier alpha value is -2.73. The normalized spacial score (nSPS) is 20.0. The van der Waals surface area contributed by atoms with E-state index in [-0.39, 0.29) is 12.0 Å². The summed E-state index contributed by atoms with van der Waals surface area (Å²) in [6.07, 6.45) is 3.75. The molecule has 1 aliphatic rings. The molecule has 6 nitrogen and oxygen atoms in total. The van der Waals surface area contributed by atoms with Gasteiger partial charge in [0.05, 0.1) is 6.10 Å². The Kier molecular flexibility index (Phi) is 5.16. The zero-order valence-electron chi connectivity index (χ0n) is 15.6. The summed E-state index contributed by atoms with van der Waals surface area (Å²) < 4.78 is 11.4. The number of anilines is 1. The van der Waals surface area contributed by atoms with Gasteiger partial charge < -0.3 is 14.6 Å². The second-order valence-electron chi connectivity index (χ2n) is 7.18. The molecule has 6 heteroatoms. The van der Waals surface area contributed by atoms with Crippen LogP contribution in [-0.4, -0.2) is 27.8 Å². The standard InChI is InChI=1S/C21H24N4O2/c1-14(2)20-24-21(27-25-20)16-8-10-22-19(12-16)23-17-9-11-26-18(13-17)15-6-4-3-5-7-15/h3-8,10,12,14,17-18H,9,11,13H2,1-2H3,(H,22,23). The number of hydrogen-bond donors (Lipinski definition) is 1. The van der Waals surface area contributed by atoms with Gasteiger partial charge in [-0.15, -0.1) is 0 Å². The maximum Gasteiger partial charge on any atom is 0.258 e. The van der Waals surface area contributed by atoms with Crippen LogP contribution in [0, 0.1) is 0 Å². The third kappa shape index (κ3) is 4.17. The van der Waals surface area contributed by atoms with Crippen molar-refractivity contribution in [3.63, 3.8) is 0 Å². The first-order chi connectivity index (χ1) is 13.2. The second-order valence-corrected chi connectivity index (χ2v) is 7.18. The van der Waals surface area contributed by atoms with Gasteiger partial charge in [0, 0.05) is 30.3 Å². The van der Waals surface area contributed by atoms with Gasteiger partial charge in [-0.3, -0.25) is 0 Å². The van der Waals surface area contributed by atoms with Crippen LogP contribution in [0.15, 0.2) is 53.2 Å². The molecule has 0 saturated carbocycles. The number of ether oxygens (including phenoxy) is 1. The van der Waals surface area contributed by atoms with Crippen LogP contribution in [0.3, 0.4) is 0 Å². The SMILES string of the molecule is CC(C)c1noc(-c2ccnc(NC3CCOC(c4ccccc4)C3)c2)n1. The van der Waals surface area contributed by atoms with Crippen molar-refractivity contribution in [3.8, 4) is 11.5 Å². The van der Waals surface area contributed by atoms with E-state index in [4.69, 9.17) is 9.26 Å². The van der Waals surface area contributed by atoms with Gasteiger partial charge in [-0.2, -0.15) is 4.98 Å². The molecule has 1 N–H and O–H groups in total. The Labute approximate surface area is 159 Å². The van der Waals surface area contributed by atoms with Crippen LogP contribution >= 0.6 is 0 Å². The fraction of sp³-hybridized carbons (Fsp3) is 0.381. The molecule has 0 bridgehead atoms. The molecule has 1 fully saturated rings. The van der Waals surface area contributed by atoms with Crippen LogP contribution in [-0.2, 0) is 4.74 Å². The lowest BCUT2D eigenvalue weighted by Crippen LogP contribution is -2.30. The topological polar surface area (TPSA) is 73.1 Å². The summed E-state index contributed by atoms with van der Waals surface area (Å²) in [6, 6.07) is 14.5. The first-order valence-corrected chi connectivity index (χ1v) is 9.42. The van der Waals surface area contributed by atoms with E-state index in [1.54, 1.807) is 6.20 Å². The lowest BCUT2D eigenvalue weighted by Gasteiger charge is -2.30. The molecule has 3 heterocycles.